The van der Waals surface area contributed by atoms with E-state index in [1.54, 1.807) is 23.1 Å². The van der Waals surface area contributed by atoms with Crippen molar-refractivity contribution >= 4 is 22.9 Å². The molecule has 1 aromatic carbocycles. The van der Waals surface area contributed by atoms with Gasteiger partial charge in [0.2, 0.25) is 0 Å². The van der Waals surface area contributed by atoms with Crippen molar-refractivity contribution in [3.05, 3.63) is 23.8 Å². The number of carboxylic acids is 1. The lowest BCUT2D eigenvalue weighted by Crippen LogP contribution is -2.44. The molecule has 128 valence electrons. The molecule has 8 heteroatoms. The van der Waals surface area contributed by atoms with Gasteiger partial charge in [-0.15, -0.1) is 0 Å². The van der Waals surface area contributed by atoms with E-state index >= 15 is 0 Å². The van der Waals surface area contributed by atoms with Gasteiger partial charge < -0.3 is 15.3 Å². The van der Waals surface area contributed by atoms with Crippen LogP contribution in [0.15, 0.2) is 22.8 Å². The molecule has 24 heavy (non-hydrogen) atoms. The van der Waals surface area contributed by atoms with Gasteiger partial charge >= 0.3 is 5.97 Å². The van der Waals surface area contributed by atoms with Gasteiger partial charge in [0.15, 0.2) is 0 Å². The van der Waals surface area contributed by atoms with Crippen LogP contribution in [0.25, 0.3) is 11.0 Å². The molecule has 1 heterocycles. The Kier molecular flexibility index (Phi) is 4.75. The Hall–Kier alpha value is -2.48. The third-order valence-electron chi connectivity index (χ3n) is 4.61. The van der Waals surface area contributed by atoms with Crippen LogP contribution in [0.1, 0.15) is 36.0 Å². The number of hydrogen-bond donors (Lipinski definition) is 2. The van der Waals surface area contributed by atoms with Crippen molar-refractivity contribution in [1.82, 2.24) is 20.5 Å². The molecule has 2 N–H and O–H groups in total. The molecule has 1 saturated carbocycles. The van der Waals surface area contributed by atoms with Crippen molar-refractivity contribution in [2.75, 3.05) is 13.6 Å². The quantitative estimate of drug-likeness (QED) is 0.849. The van der Waals surface area contributed by atoms with Gasteiger partial charge in [-0.1, -0.05) is 0 Å². The summed E-state index contributed by atoms with van der Waals surface area (Å²) < 4.78 is 4.65. The van der Waals surface area contributed by atoms with Gasteiger partial charge in [-0.05, 0) is 54.2 Å². The summed E-state index contributed by atoms with van der Waals surface area (Å²) in [5, 5.41) is 19.2. The number of amides is 1. The third-order valence-corrected chi connectivity index (χ3v) is 4.61. The van der Waals surface area contributed by atoms with Crippen LogP contribution in [0.3, 0.4) is 0 Å². The average molecular weight is 332 g/mol. The summed E-state index contributed by atoms with van der Waals surface area (Å²) in [6.07, 6.45) is 3.43. The van der Waals surface area contributed by atoms with E-state index in [4.69, 9.17) is 5.11 Å². The molecule has 1 amide bonds. The van der Waals surface area contributed by atoms with Crippen LogP contribution >= 0.6 is 0 Å². The Labute approximate surface area is 138 Å². The molecule has 2 aromatic rings. The van der Waals surface area contributed by atoms with Crippen LogP contribution in [-0.4, -0.2) is 57.9 Å². The van der Waals surface area contributed by atoms with Crippen molar-refractivity contribution in [3.63, 3.8) is 0 Å². The fourth-order valence-corrected chi connectivity index (χ4v) is 3.18. The van der Waals surface area contributed by atoms with Gasteiger partial charge in [-0.3, -0.25) is 9.59 Å². The zero-order valence-corrected chi connectivity index (χ0v) is 13.4. The van der Waals surface area contributed by atoms with E-state index in [-0.39, 0.29) is 24.5 Å². The second-order valence-electron chi connectivity index (χ2n) is 6.16. The van der Waals surface area contributed by atoms with Crippen molar-refractivity contribution in [2.24, 2.45) is 0 Å². The lowest BCUT2D eigenvalue weighted by Gasteiger charge is -2.35. The first-order valence-corrected chi connectivity index (χ1v) is 7.99. The van der Waals surface area contributed by atoms with Gasteiger partial charge in [-0.25, -0.2) is 4.63 Å². The zero-order valence-electron chi connectivity index (χ0n) is 13.4. The molecule has 3 rings (SSSR count). The number of hydrogen-bond acceptors (Lipinski definition) is 6. The predicted molar refractivity (Wildman–Crippen MR) is 85.6 cm³/mol. The topological polar surface area (TPSA) is 109 Å². The summed E-state index contributed by atoms with van der Waals surface area (Å²) in [6.45, 7) is -0.0180. The van der Waals surface area contributed by atoms with E-state index in [0.717, 1.165) is 25.7 Å². The van der Waals surface area contributed by atoms with E-state index < -0.39 is 5.97 Å². The third kappa shape index (κ3) is 3.53. The fraction of sp³-hybridized carbons (Fsp3) is 0.500. The standard InChI is InChI=1S/C16H20N4O4/c1-20(12-5-3-11(4-6-12)17-9-15(21)22)16(23)10-2-7-13-14(8-10)19-24-18-13/h2,7-8,11-12,17H,3-6,9H2,1H3,(H,21,22). The molecule has 0 aliphatic heterocycles. The van der Waals surface area contributed by atoms with Crippen molar-refractivity contribution in [3.8, 4) is 0 Å². The summed E-state index contributed by atoms with van der Waals surface area (Å²) in [6, 6.07) is 5.50. The minimum Gasteiger partial charge on any atom is -0.480 e. The molecule has 1 aliphatic carbocycles. The average Bonchev–Trinajstić information content (AvgIpc) is 3.06. The highest BCUT2D eigenvalue weighted by Gasteiger charge is 2.27. The number of aromatic nitrogens is 2. The molecule has 1 aliphatic rings. The number of nitrogens with one attached hydrogen (secondary N) is 1. The highest BCUT2D eigenvalue weighted by Crippen LogP contribution is 2.24. The molecule has 0 radical (unpaired) electrons. The molecule has 8 nitrogen and oxygen atoms in total. The highest BCUT2D eigenvalue weighted by molar-refractivity contribution is 5.97. The number of nitrogens with zero attached hydrogens (tertiary/aromatic N) is 3. The number of carbonyl (C=O) groups is 2. The first kappa shape index (κ1) is 16.4. The molecule has 0 unspecified atom stereocenters. The van der Waals surface area contributed by atoms with Crippen molar-refractivity contribution in [2.45, 2.75) is 37.8 Å². The number of fused-ring (bicyclic) bond motifs is 1. The van der Waals surface area contributed by atoms with E-state index in [1.165, 1.54) is 0 Å². The monoisotopic (exact) mass is 332 g/mol. The Morgan fingerprint density at radius 1 is 1.25 bits per heavy atom. The molecule has 0 bridgehead atoms. The lowest BCUT2D eigenvalue weighted by atomic mass is 9.90. The molecule has 0 saturated heterocycles. The highest BCUT2D eigenvalue weighted by atomic mass is 16.6. The van der Waals surface area contributed by atoms with Crippen LogP contribution in [-0.2, 0) is 4.79 Å². The van der Waals surface area contributed by atoms with Gasteiger partial charge in [0, 0.05) is 24.7 Å². The second-order valence-corrected chi connectivity index (χ2v) is 6.16. The van der Waals surface area contributed by atoms with Gasteiger partial charge in [0.25, 0.3) is 5.91 Å². The molecule has 1 aromatic heterocycles. The number of rotatable bonds is 5. The normalized spacial score (nSPS) is 20.9. The number of aliphatic carboxylic acids is 1. The molecule has 0 atom stereocenters. The number of benzene rings is 1. The van der Waals surface area contributed by atoms with Gasteiger partial charge in [-0.2, -0.15) is 0 Å². The van der Waals surface area contributed by atoms with E-state index in [1.807, 2.05) is 7.05 Å². The van der Waals surface area contributed by atoms with Crippen LogP contribution in [0.2, 0.25) is 0 Å². The maximum Gasteiger partial charge on any atom is 0.317 e. The summed E-state index contributed by atoms with van der Waals surface area (Å²) >= 11 is 0. The summed E-state index contributed by atoms with van der Waals surface area (Å²) in [5.41, 5.74) is 1.75. The maximum atomic E-state index is 12.7. The van der Waals surface area contributed by atoms with Crippen LogP contribution in [0, 0.1) is 0 Å². The minimum absolute atomic E-state index is 0.0180. The zero-order chi connectivity index (χ0) is 17.1. The largest absolute Gasteiger partial charge is 0.480 e. The Morgan fingerprint density at radius 2 is 1.96 bits per heavy atom. The Balaban J connectivity index is 1.59. The van der Waals surface area contributed by atoms with Crippen LogP contribution in [0.5, 0.6) is 0 Å². The van der Waals surface area contributed by atoms with Crippen molar-refractivity contribution in [1.29, 1.82) is 0 Å². The minimum atomic E-state index is -0.845. The molecule has 1 fully saturated rings. The maximum absolute atomic E-state index is 12.7. The number of carboxylic acid groups (broad SMARTS) is 1. The Bertz CT molecular complexity index is 737. The number of carbonyl (C=O) groups excluding carboxylic acids is 1. The smallest absolute Gasteiger partial charge is 0.317 e. The summed E-state index contributed by atoms with van der Waals surface area (Å²) in [7, 11) is 1.81. The van der Waals surface area contributed by atoms with Gasteiger partial charge in [0.05, 0.1) is 6.54 Å². The fourth-order valence-electron chi connectivity index (χ4n) is 3.18. The predicted octanol–water partition coefficient (Wildman–Crippen LogP) is 1.28. The lowest BCUT2D eigenvalue weighted by molar-refractivity contribution is -0.136. The SMILES string of the molecule is CN(C(=O)c1ccc2nonc2c1)C1CCC(NCC(=O)O)CC1. The van der Waals surface area contributed by atoms with Crippen LogP contribution < -0.4 is 5.32 Å². The summed E-state index contributed by atoms with van der Waals surface area (Å²) in [5.74, 6) is -0.899. The first-order valence-electron chi connectivity index (χ1n) is 7.99. The Morgan fingerprint density at radius 3 is 2.67 bits per heavy atom. The van der Waals surface area contributed by atoms with E-state index in [2.05, 4.69) is 20.3 Å². The van der Waals surface area contributed by atoms with Crippen LogP contribution in [0.4, 0.5) is 0 Å². The molecular formula is C16H20N4O4. The second kappa shape index (κ2) is 6.96. The molecule has 0 spiro atoms. The van der Waals surface area contributed by atoms with Crippen molar-refractivity contribution < 1.29 is 19.3 Å². The molecular weight excluding hydrogens is 312 g/mol. The summed E-state index contributed by atoms with van der Waals surface area (Å²) in [4.78, 5) is 25.0. The first-order chi connectivity index (χ1) is 11.5. The van der Waals surface area contributed by atoms with Gasteiger partial charge in [0.1, 0.15) is 11.0 Å². The van der Waals surface area contributed by atoms with E-state index in [9.17, 15) is 9.59 Å². The van der Waals surface area contributed by atoms with E-state index in [0.29, 0.717) is 16.6 Å².